The van der Waals surface area contributed by atoms with E-state index in [9.17, 15) is 4.79 Å². The van der Waals surface area contributed by atoms with Gasteiger partial charge in [-0.05, 0) is 53.3 Å². The van der Waals surface area contributed by atoms with E-state index in [4.69, 9.17) is 10.5 Å². The molecule has 3 aromatic rings. The van der Waals surface area contributed by atoms with Gasteiger partial charge in [0.1, 0.15) is 12.4 Å². The quantitative estimate of drug-likeness (QED) is 0.577. The van der Waals surface area contributed by atoms with Crippen molar-refractivity contribution in [2.24, 2.45) is 0 Å². The molecule has 1 aromatic heterocycles. The predicted octanol–water partition coefficient (Wildman–Crippen LogP) is 4.91. The summed E-state index contributed by atoms with van der Waals surface area (Å²) in [5.74, 6) is 0.567. The summed E-state index contributed by atoms with van der Waals surface area (Å²) in [5.41, 5.74) is 12.5. The Bertz CT molecular complexity index is 1050. The first-order chi connectivity index (χ1) is 14.6. The molecular weight excluding hydrogens is 374 g/mol. The number of carbonyl (C=O) groups is 1. The second kappa shape index (κ2) is 8.82. The first-order valence-electron chi connectivity index (χ1n) is 10.1. The van der Waals surface area contributed by atoms with Crippen LogP contribution in [0.4, 0.5) is 10.6 Å². The Morgan fingerprint density at radius 1 is 1.07 bits per heavy atom. The molecule has 0 radical (unpaired) electrons. The van der Waals surface area contributed by atoms with Crippen LogP contribution in [0, 0.1) is 6.92 Å². The van der Waals surface area contributed by atoms with Crippen molar-refractivity contribution in [2.75, 3.05) is 18.9 Å². The molecule has 0 bridgehead atoms. The van der Waals surface area contributed by atoms with Crippen molar-refractivity contribution >= 4 is 18.0 Å². The zero-order valence-corrected chi connectivity index (χ0v) is 17.0. The molecule has 1 aliphatic rings. The zero-order valence-electron chi connectivity index (χ0n) is 17.0. The van der Waals surface area contributed by atoms with Gasteiger partial charge in [0.2, 0.25) is 0 Å². The number of aryl methyl sites for hydroxylation is 1. The highest BCUT2D eigenvalue weighted by Gasteiger charge is 2.28. The third-order valence-electron chi connectivity index (χ3n) is 5.36. The molecule has 5 nitrogen and oxygen atoms in total. The van der Waals surface area contributed by atoms with Crippen molar-refractivity contribution in [2.45, 2.75) is 19.3 Å². The molecule has 0 saturated heterocycles. The molecule has 2 aromatic carbocycles. The summed E-state index contributed by atoms with van der Waals surface area (Å²) in [4.78, 5) is 16.5. The van der Waals surface area contributed by atoms with Gasteiger partial charge in [-0.3, -0.25) is 0 Å². The van der Waals surface area contributed by atoms with Gasteiger partial charge in [0.15, 0.2) is 0 Å². The van der Waals surface area contributed by atoms with E-state index in [1.54, 1.807) is 6.07 Å². The van der Waals surface area contributed by atoms with E-state index in [1.807, 2.05) is 49.4 Å². The number of aromatic nitrogens is 1. The number of nitrogens with one attached hydrogen (secondary N) is 1. The molecule has 1 heterocycles. The number of anilines is 1. The topological polar surface area (TPSA) is 77.2 Å². The van der Waals surface area contributed by atoms with E-state index in [1.165, 1.54) is 22.3 Å². The maximum absolute atomic E-state index is 12.2. The SMILES string of the molecule is Cc1ccc(N)nc1C=CCCNC(=O)OCC1c2ccccc2-c2ccccc21. The minimum Gasteiger partial charge on any atom is -0.449 e. The van der Waals surface area contributed by atoms with Gasteiger partial charge in [-0.25, -0.2) is 9.78 Å². The number of fused-ring (bicyclic) bond motifs is 3. The Balaban J connectivity index is 1.28. The maximum Gasteiger partial charge on any atom is 0.407 e. The molecule has 0 aliphatic heterocycles. The summed E-state index contributed by atoms with van der Waals surface area (Å²) in [6.07, 6.45) is 4.17. The number of alkyl carbamates (subject to hydrolysis) is 1. The summed E-state index contributed by atoms with van der Waals surface area (Å²) < 4.78 is 5.54. The highest BCUT2D eigenvalue weighted by atomic mass is 16.5. The summed E-state index contributed by atoms with van der Waals surface area (Å²) in [5, 5.41) is 2.81. The molecule has 0 atom stereocenters. The predicted molar refractivity (Wildman–Crippen MR) is 120 cm³/mol. The van der Waals surface area contributed by atoms with Crippen LogP contribution < -0.4 is 11.1 Å². The fourth-order valence-corrected chi connectivity index (χ4v) is 3.83. The number of amides is 1. The second-order valence-corrected chi connectivity index (χ2v) is 7.38. The Morgan fingerprint density at radius 3 is 2.43 bits per heavy atom. The van der Waals surface area contributed by atoms with Gasteiger partial charge in [-0.1, -0.05) is 60.7 Å². The monoisotopic (exact) mass is 399 g/mol. The van der Waals surface area contributed by atoms with Crippen LogP contribution >= 0.6 is 0 Å². The van der Waals surface area contributed by atoms with Crippen LogP contribution in [0.15, 0.2) is 66.7 Å². The van der Waals surface area contributed by atoms with E-state index in [-0.39, 0.29) is 5.92 Å². The molecule has 4 rings (SSSR count). The van der Waals surface area contributed by atoms with Crippen LogP contribution in [0.5, 0.6) is 0 Å². The van der Waals surface area contributed by atoms with Crippen LogP contribution in [0.2, 0.25) is 0 Å². The van der Waals surface area contributed by atoms with Crippen LogP contribution in [-0.4, -0.2) is 24.2 Å². The summed E-state index contributed by atoms with van der Waals surface area (Å²) in [6.45, 7) is 2.80. The Morgan fingerprint density at radius 2 is 1.73 bits per heavy atom. The molecule has 30 heavy (non-hydrogen) atoms. The van der Waals surface area contributed by atoms with Crippen molar-refractivity contribution in [1.82, 2.24) is 10.3 Å². The second-order valence-electron chi connectivity index (χ2n) is 7.38. The third-order valence-corrected chi connectivity index (χ3v) is 5.36. The van der Waals surface area contributed by atoms with Crippen molar-refractivity contribution in [3.63, 3.8) is 0 Å². The van der Waals surface area contributed by atoms with Crippen molar-refractivity contribution in [3.8, 4) is 11.1 Å². The first kappa shape index (κ1) is 19.7. The van der Waals surface area contributed by atoms with Crippen molar-refractivity contribution in [1.29, 1.82) is 0 Å². The molecule has 1 aliphatic carbocycles. The minimum absolute atomic E-state index is 0.0700. The highest BCUT2D eigenvalue weighted by molar-refractivity contribution is 5.79. The number of hydrogen-bond donors (Lipinski definition) is 2. The molecule has 152 valence electrons. The first-order valence-corrected chi connectivity index (χ1v) is 10.1. The number of ether oxygens (including phenoxy) is 1. The molecule has 0 fully saturated rings. The average Bonchev–Trinajstić information content (AvgIpc) is 3.08. The molecule has 0 unspecified atom stereocenters. The number of benzene rings is 2. The van der Waals surface area contributed by atoms with Gasteiger partial charge in [-0.15, -0.1) is 0 Å². The average molecular weight is 399 g/mol. The number of hydrogen-bond acceptors (Lipinski definition) is 4. The molecule has 0 saturated carbocycles. The fraction of sp³-hybridized carbons (Fsp3) is 0.200. The van der Waals surface area contributed by atoms with Crippen LogP contribution in [-0.2, 0) is 4.74 Å². The normalized spacial score (nSPS) is 12.6. The van der Waals surface area contributed by atoms with Gasteiger partial charge in [-0.2, -0.15) is 0 Å². The standard InChI is InChI=1S/C25H25N3O2/c1-17-13-14-24(26)28-23(17)12-6-7-15-27-25(29)30-16-22-20-10-4-2-8-18(20)19-9-3-5-11-21(19)22/h2-6,8-14,22H,7,15-16H2,1H3,(H2,26,28)(H,27,29). The van der Waals surface area contributed by atoms with E-state index >= 15 is 0 Å². The highest BCUT2D eigenvalue weighted by Crippen LogP contribution is 2.44. The lowest BCUT2D eigenvalue weighted by molar-refractivity contribution is 0.143. The van der Waals surface area contributed by atoms with Gasteiger partial charge < -0.3 is 15.8 Å². The van der Waals surface area contributed by atoms with Gasteiger partial charge in [0.05, 0.1) is 5.69 Å². The number of nitrogens with two attached hydrogens (primary N) is 1. The lowest BCUT2D eigenvalue weighted by Gasteiger charge is -2.14. The number of pyridine rings is 1. The number of nitrogens with zero attached hydrogens (tertiary/aromatic N) is 1. The smallest absolute Gasteiger partial charge is 0.407 e. The maximum atomic E-state index is 12.2. The lowest BCUT2D eigenvalue weighted by atomic mass is 9.98. The summed E-state index contributed by atoms with van der Waals surface area (Å²) in [7, 11) is 0. The van der Waals surface area contributed by atoms with Crippen LogP contribution in [0.1, 0.15) is 34.7 Å². The van der Waals surface area contributed by atoms with Crippen LogP contribution in [0.25, 0.3) is 17.2 Å². The van der Waals surface area contributed by atoms with E-state index in [0.717, 1.165) is 11.3 Å². The van der Waals surface area contributed by atoms with Crippen molar-refractivity contribution in [3.05, 3.63) is 89.1 Å². The van der Waals surface area contributed by atoms with Gasteiger partial charge >= 0.3 is 6.09 Å². The Kier molecular flexibility index (Phi) is 5.80. The van der Waals surface area contributed by atoms with E-state index in [0.29, 0.717) is 25.4 Å². The van der Waals surface area contributed by atoms with E-state index in [2.05, 4.69) is 34.6 Å². The molecule has 5 heteroatoms. The minimum atomic E-state index is -0.400. The number of carbonyl (C=O) groups excluding carboxylic acids is 1. The summed E-state index contributed by atoms with van der Waals surface area (Å²) in [6, 6.07) is 20.3. The molecular formula is C25H25N3O2. The Labute approximate surface area is 176 Å². The lowest BCUT2D eigenvalue weighted by Crippen LogP contribution is -2.26. The van der Waals surface area contributed by atoms with E-state index < -0.39 is 6.09 Å². The largest absolute Gasteiger partial charge is 0.449 e. The molecule has 3 N–H and O–H groups in total. The van der Waals surface area contributed by atoms with Gasteiger partial charge in [0, 0.05) is 12.5 Å². The molecule has 1 amide bonds. The number of nitrogen functional groups attached to an aromatic ring is 1. The third kappa shape index (κ3) is 4.20. The van der Waals surface area contributed by atoms with Crippen molar-refractivity contribution < 1.29 is 9.53 Å². The zero-order chi connectivity index (χ0) is 20.9. The summed E-state index contributed by atoms with van der Waals surface area (Å²) >= 11 is 0. The van der Waals surface area contributed by atoms with Gasteiger partial charge in [0.25, 0.3) is 0 Å². The van der Waals surface area contributed by atoms with Crippen LogP contribution in [0.3, 0.4) is 0 Å². The fourth-order valence-electron chi connectivity index (χ4n) is 3.83. The Hall–Kier alpha value is -3.60. The molecule has 0 spiro atoms. The number of rotatable bonds is 6.